The molecule has 0 N–H and O–H groups in total. The Morgan fingerprint density at radius 3 is 2.60 bits per heavy atom. The van der Waals surface area contributed by atoms with Crippen LogP contribution in [0.2, 0.25) is 0 Å². The third-order valence-electron chi connectivity index (χ3n) is 2.47. The van der Waals surface area contributed by atoms with Gasteiger partial charge in [-0.1, -0.05) is 6.58 Å². The summed E-state index contributed by atoms with van der Waals surface area (Å²) in [5, 5.41) is 0. The lowest BCUT2D eigenvalue weighted by Crippen LogP contribution is -2.28. The number of rotatable bonds is 1. The quantitative estimate of drug-likeness (QED) is 0.486. The van der Waals surface area contributed by atoms with Gasteiger partial charge in [0.15, 0.2) is 0 Å². The highest BCUT2D eigenvalue weighted by Gasteiger charge is 2.45. The maximum absolute atomic E-state index is 11.0. The first-order valence-corrected chi connectivity index (χ1v) is 3.72. The highest BCUT2D eigenvalue weighted by molar-refractivity contribution is 5.87. The first-order valence-electron chi connectivity index (χ1n) is 3.72. The molecule has 2 unspecified atom stereocenters. The van der Waals surface area contributed by atoms with Crippen LogP contribution >= 0.6 is 0 Å². The predicted molar refractivity (Wildman–Crippen MR) is 38.4 cm³/mol. The summed E-state index contributed by atoms with van der Waals surface area (Å²) < 4.78 is 0. The number of fused-ring (bicyclic) bond motifs is 1. The Hall–Kier alpha value is -0.790. The van der Waals surface area contributed by atoms with Gasteiger partial charge in [-0.3, -0.25) is 4.79 Å². The molecule has 1 saturated heterocycles. The van der Waals surface area contributed by atoms with E-state index in [1.807, 2.05) is 4.90 Å². The first-order chi connectivity index (χ1) is 4.81. The minimum absolute atomic E-state index is 0.104. The molecule has 0 spiro atoms. The number of hydrogen-bond acceptors (Lipinski definition) is 1. The SMILES string of the molecule is C=CC(=O)N1CC2CC2C1. The summed E-state index contributed by atoms with van der Waals surface area (Å²) in [6.45, 7) is 5.42. The zero-order chi connectivity index (χ0) is 7.14. The molecule has 0 aromatic carbocycles. The second-order valence-electron chi connectivity index (χ2n) is 3.20. The summed E-state index contributed by atoms with van der Waals surface area (Å²) >= 11 is 0. The third kappa shape index (κ3) is 0.753. The molecule has 1 amide bonds. The second kappa shape index (κ2) is 1.84. The molecule has 1 aliphatic carbocycles. The van der Waals surface area contributed by atoms with Crippen molar-refractivity contribution in [1.29, 1.82) is 0 Å². The largest absolute Gasteiger partial charge is 0.339 e. The van der Waals surface area contributed by atoms with Crippen molar-refractivity contribution in [2.24, 2.45) is 11.8 Å². The van der Waals surface area contributed by atoms with Crippen molar-refractivity contribution in [2.45, 2.75) is 6.42 Å². The molecule has 0 aromatic rings. The van der Waals surface area contributed by atoms with Gasteiger partial charge >= 0.3 is 0 Å². The molecule has 10 heavy (non-hydrogen) atoms. The van der Waals surface area contributed by atoms with Crippen LogP contribution in [0.25, 0.3) is 0 Å². The highest BCUT2D eigenvalue weighted by atomic mass is 16.2. The zero-order valence-corrected chi connectivity index (χ0v) is 5.92. The zero-order valence-electron chi connectivity index (χ0n) is 5.92. The summed E-state index contributed by atoms with van der Waals surface area (Å²) in [7, 11) is 0. The Morgan fingerprint density at radius 1 is 1.50 bits per heavy atom. The van der Waals surface area contributed by atoms with E-state index in [0.29, 0.717) is 0 Å². The van der Waals surface area contributed by atoms with Gasteiger partial charge in [0.1, 0.15) is 0 Å². The molecule has 1 heterocycles. The average molecular weight is 137 g/mol. The van der Waals surface area contributed by atoms with Crippen LogP contribution in [0.3, 0.4) is 0 Å². The van der Waals surface area contributed by atoms with E-state index in [4.69, 9.17) is 0 Å². The van der Waals surface area contributed by atoms with Gasteiger partial charge in [0.25, 0.3) is 0 Å². The van der Waals surface area contributed by atoms with E-state index in [1.54, 1.807) is 0 Å². The Morgan fingerprint density at radius 2 is 2.10 bits per heavy atom. The maximum Gasteiger partial charge on any atom is 0.245 e. The van der Waals surface area contributed by atoms with Gasteiger partial charge in [-0.2, -0.15) is 0 Å². The monoisotopic (exact) mass is 137 g/mol. The van der Waals surface area contributed by atoms with Crippen LogP contribution in [0.4, 0.5) is 0 Å². The Balaban J connectivity index is 1.96. The molecule has 2 atom stereocenters. The van der Waals surface area contributed by atoms with Crippen LogP contribution in [0.1, 0.15) is 6.42 Å². The number of hydrogen-bond donors (Lipinski definition) is 0. The van der Waals surface area contributed by atoms with Crippen LogP contribution in [0, 0.1) is 11.8 Å². The number of piperidine rings is 1. The number of nitrogens with zero attached hydrogens (tertiary/aromatic N) is 1. The molecule has 0 aromatic heterocycles. The van der Waals surface area contributed by atoms with Gasteiger partial charge in [0.2, 0.25) is 5.91 Å². The Labute approximate surface area is 60.5 Å². The summed E-state index contributed by atoms with van der Waals surface area (Å²) in [5.74, 6) is 1.78. The minimum Gasteiger partial charge on any atom is -0.339 e. The van der Waals surface area contributed by atoms with Gasteiger partial charge in [-0.15, -0.1) is 0 Å². The molecule has 2 nitrogen and oxygen atoms in total. The first kappa shape index (κ1) is 5.96. The Bertz CT molecular complexity index is 178. The molecule has 2 rings (SSSR count). The molecular weight excluding hydrogens is 126 g/mol. The van der Waals surface area contributed by atoms with Crippen molar-refractivity contribution in [2.75, 3.05) is 13.1 Å². The lowest BCUT2D eigenvalue weighted by Gasteiger charge is -2.14. The Kier molecular flexibility index (Phi) is 1.10. The maximum atomic E-state index is 11.0. The lowest BCUT2D eigenvalue weighted by molar-refractivity contribution is -0.125. The third-order valence-corrected chi connectivity index (χ3v) is 2.47. The molecular formula is C8H11NO. The fourth-order valence-corrected chi connectivity index (χ4v) is 1.71. The molecule has 0 radical (unpaired) electrons. The molecule has 1 saturated carbocycles. The smallest absolute Gasteiger partial charge is 0.245 e. The van der Waals surface area contributed by atoms with Gasteiger partial charge in [0, 0.05) is 13.1 Å². The standard InChI is InChI=1S/C8H11NO/c1-2-8(10)9-4-6-3-7(6)5-9/h2,6-7H,1,3-5H2. The van der Waals surface area contributed by atoms with Gasteiger partial charge in [-0.05, 0) is 24.3 Å². The van der Waals surface area contributed by atoms with E-state index < -0.39 is 0 Å². The van der Waals surface area contributed by atoms with Crippen LogP contribution < -0.4 is 0 Å². The predicted octanol–water partition coefficient (Wildman–Crippen LogP) is 0.651. The van der Waals surface area contributed by atoms with Crippen molar-refractivity contribution >= 4 is 5.91 Å². The van der Waals surface area contributed by atoms with E-state index >= 15 is 0 Å². The van der Waals surface area contributed by atoms with Crippen molar-refractivity contribution in [3.8, 4) is 0 Å². The number of likely N-dealkylation sites (tertiary alicyclic amines) is 1. The molecule has 2 fully saturated rings. The fraction of sp³-hybridized carbons (Fsp3) is 0.625. The van der Waals surface area contributed by atoms with Crippen molar-refractivity contribution in [3.05, 3.63) is 12.7 Å². The van der Waals surface area contributed by atoms with Crippen LogP contribution in [-0.2, 0) is 4.79 Å². The van der Waals surface area contributed by atoms with E-state index in [1.165, 1.54) is 12.5 Å². The minimum atomic E-state index is 0.104. The van der Waals surface area contributed by atoms with Crippen molar-refractivity contribution in [1.82, 2.24) is 4.90 Å². The summed E-state index contributed by atoms with van der Waals surface area (Å²) in [4.78, 5) is 12.9. The van der Waals surface area contributed by atoms with Crippen LogP contribution in [0.5, 0.6) is 0 Å². The van der Waals surface area contributed by atoms with E-state index in [-0.39, 0.29) is 5.91 Å². The molecule has 54 valence electrons. The number of carbonyl (C=O) groups excluding carboxylic acids is 1. The van der Waals surface area contributed by atoms with Crippen molar-refractivity contribution in [3.63, 3.8) is 0 Å². The highest BCUT2D eigenvalue weighted by Crippen LogP contribution is 2.44. The van der Waals surface area contributed by atoms with Gasteiger partial charge in [-0.25, -0.2) is 0 Å². The van der Waals surface area contributed by atoms with Gasteiger partial charge < -0.3 is 4.90 Å². The van der Waals surface area contributed by atoms with Gasteiger partial charge in [0.05, 0.1) is 0 Å². The van der Waals surface area contributed by atoms with E-state index in [2.05, 4.69) is 6.58 Å². The molecule has 1 aliphatic heterocycles. The summed E-state index contributed by atoms with van der Waals surface area (Å²) in [6, 6.07) is 0. The molecule has 2 aliphatic rings. The fourth-order valence-electron chi connectivity index (χ4n) is 1.71. The normalized spacial score (nSPS) is 35.4. The summed E-state index contributed by atoms with van der Waals surface area (Å²) in [5.41, 5.74) is 0. The van der Waals surface area contributed by atoms with Crippen LogP contribution in [-0.4, -0.2) is 23.9 Å². The van der Waals surface area contributed by atoms with E-state index in [0.717, 1.165) is 24.9 Å². The van der Waals surface area contributed by atoms with Crippen LogP contribution in [0.15, 0.2) is 12.7 Å². The number of amides is 1. The lowest BCUT2D eigenvalue weighted by atomic mass is 10.4. The molecule has 0 bridgehead atoms. The second-order valence-corrected chi connectivity index (χ2v) is 3.20. The topological polar surface area (TPSA) is 20.3 Å². The number of carbonyl (C=O) groups is 1. The van der Waals surface area contributed by atoms with E-state index in [9.17, 15) is 4.79 Å². The summed E-state index contributed by atoms with van der Waals surface area (Å²) in [6.07, 6.45) is 2.76. The average Bonchev–Trinajstić information content (AvgIpc) is 2.57. The molecule has 2 heteroatoms. The van der Waals surface area contributed by atoms with Crippen molar-refractivity contribution < 1.29 is 4.79 Å².